The molecule has 1 aromatic heterocycles. The number of carbonyl (C=O) groups excluding carboxylic acids is 1. The lowest BCUT2D eigenvalue weighted by molar-refractivity contribution is -0.117. The number of benzene rings is 2. The van der Waals surface area contributed by atoms with Crippen LogP contribution in [0.15, 0.2) is 58.2 Å². The molecule has 8 nitrogen and oxygen atoms in total. The van der Waals surface area contributed by atoms with Crippen molar-refractivity contribution in [3.8, 4) is 11.3 Å². The summed E-state index contributed by atoms with van der Waals surface area (Å²) in [6.45, 7) is 6.36. The molecule has 35 heavy (non-hydrogen) atoms. The molecule has 1 aliphatic rings. The number of hydrogen-bond donors (Lipinski definition) is 1. The van der Waals surface area contributed by atoms with Gasteiger partial charge in [-0.15, -0.1) is 0 Å². The third kappa shape index (κ3) is 5.36. The number of nitrogens with one attached hydrogen (secondary N) is 1. The number of rotatable bonds is 6. The average Bonchev–Trinajstić information content (AvgIpc) is 2.84. The van der Waals surface area contributed by atoms with Crippen molar-refractivity contribution in [2.24, 2.45) is 0 Å². The van der Waals surface area contributed by atoms with E-state index in [-0.39, 0.29) is 17.3 Å². The largest absolute Gasteiger partial charge is 0.324 e. The van der Waals surface area contributed by atoms with E-state index in [4.69, 9.17) is 0 Å². The molecule has 3 aromatic rings. The lowest BCUT2D eigenvalue weighted by Crippen LogP contribution is -2.36. The molecule has 0 saturated carbocycles. The van der Waals surface area contributed by atoms with Crippen molar-refractivity contribution < 1.29 is 13.2 Å². The number of aromatic nitrogens is 2. The summed E-state index contributed by atoms with van der Waals surface area (Å²) in [7, 11) is -3.63. The molecule has 0 atom stereocenters. The van der Waals surface area contributed by atoms with Gasteiger partial charge in [-0.3, -0.25) is 9.59 Å². The first kappa shape index (κ1) is 24.8. The van der Waals surface area contributed by atoms with Gasteiger partial charge >= 0.3 is 0 Å². The Hall–Kier alpha value is -3.30. The Morgan fingerprint density at radius 1 is 0.943 bits per heavy atom. The van der Waals surface area contributed by atoms with E-state index in [0.29, 0.717) is 35.6 Å². The molecule has 1 fully saturated rings. The second-order valence-electron chi connectivity index (χ2n) is 8.97. The first-order chi connectivity index (χ1) is 16.7. The summed E-state index contributed by atoms with van der Waals surface area (Å²) in [5, 5.41) is 7.23. The van der Waals surface area contributed by atoms with Crippen molar-refractivity contribution in [2.75, 3.05) is 18.4 Å². The van der Waals surface area contributed by atoms with Gasteiger partial charge in [-0.2, -0.15) is 9.40 Å². The van der Waals surface area contributed by atoms with E-state index >= 15 is 0 Å². The van der Waals surface area contributed by atoms with E-state index in [1.807, 2.05) is 32.0 Å². The van der Waals surface area contributed by atoms with E-state index in [2.05, 4.69) is 10.4 Å². The minimum absolute atomic E-state index is 0.240. The SMILES string of the molecule is Cc1ccc(-c2ccc(=O)n(CC(=O)Nc3c(C)cccc3C)n2)cc1S(=O)(=O)N1CCCCC1. The minimum atomic E-state index is -3.63. The van der Waals surface area contributed by atoms with Gasteiger partial charge < -0.3 is 5.32 Å². The molecule has 1 saturated heterocycles. The predicted molar refractivity (Wildman–Crippen MR) is 136 cm³/mol. The fraction of sp³-hybridized carbons (Fsp3) is 0.346. The van der Waals surface area contributed by atoms with Crippen molar-refractivity contribution in [3.05, 3.63) is 75.6 Å². The van der Waals surface area contributed by atoms with Crippen LogP contribution in [0.5, 0.6) is 0 Å². The average molecular weight is 495 g/mol. The number of hydrogen-bond acceptors (Lipinski definition) is 5. The fourth-order valence-electron chi connectivity index (χ4n) is 4.32. The molecule has 0 radical (unpaired) electrons. The monoisotopic (exact) mass is 494 g/mol. The number of nitrogens with zero attached hydrogens (tertiary/aromatic N) is 3. The number of sulfonamides is 1. The zero-order valence-corrected chi connectivity index (χ0v) is 21.1. The van der Waals surface area contributed by atoms with Gasteiger partial charge in [0.25, 0.3) is 5.56 Å². The molecule has 4 rings (SSSR count). The zero-order valence-electron chi connectivity index (χ0n) is 20.2. The number of carbonyl (C=O) groups is 1. The van der Waals surface area contributed by atoms with Crippen molar-refractivity contribution in [2.45, 2.75) is 51.5 Å². The zero-order chi connectivity index (χ0) is 25.2. The Kier molecular flexibility index (Phi) is 7.18. The van der Waals surface area contributed by atoms with Crippen LogP contribution in [0.1, 0.15) is 36.0 Å². The van der Waals surface area contributed by atoms with Crippen LogP contribution >= 0.6 is 0 Å². The number of anilines is 1. The maximum absolute atomic E-state index is 13.3. The van der Waals surface area contributed by atoms with E-state index in [0.717, 1.165) is 35.1 Å². The number of amides is 1. The summed E-state index contributed by atoms with van der Waals surface area (Å²) >= 11 is 0. The van der Waals surface area contributed by atoms with Crippen molar-refractivity contribution in [1.82, 2.24) is 14.1 Å². The summed E-state index contributed by atoms with van der Waals surface area (Å²) in [4.78, 5) is 25.4. The van der Waals surface area contributed by atoms with Crippen molar-refractivity contribution >= 4 is 21.6 Å². The third-order valence-corrected chi connectivity index (χ3v) is 8.36. The second-order valence-corrected chi connectivity index (χ2v) is 10.9. The van der Waals surface area contributed by atoms with E-state index < -0.39 is 15.6 Å². The Morgan fingerprint density at radius 2 is 1.63 bits per heavy atom. The quantitative estimate of drug-likeness (QED) is 0.564. The molecule has 1 aliphatic heterocycles. The topological polar surface area (TPSA) is 101 Å². The second kappa shape index (κ2) is 10.1. The molecule has 0 spiro atoms. The summed E-state index contributed by atoms with van der Waals surface area (Å²) < 4.78 is 29.2. The van der Waals surface area contributed by atoms with Crippen LogP contribution in [0.4, 0.5) is 5.69 Å². The molecule has 0 aliphatic carbocycles. The van der Waals surface area contributed by atoms with Crippen LogP contribution in [-0.2, 0) is 21.4 Å². The smallest absolute Gasteiger partial charge is 0.267 e. The third-order valence-electron chi connectivity index (χ3n) is 6.32. The van der Waals surface area contributed by atoms with Gasteiger partial charge in [-0.1, -0.05) is 36.8 Å². The lowest BCUT2D eigenvalue weighted by atomic mass is 10.1. The molecular weight excluding hydrogens is 464 g/mol. The van der Waals surface area contributed by atoms with Gasteiger partial charge in [0.15, 0.2) is 0 Å². The minimum Gasteiger partial charge on any atom is -0.324 e. The van der Waals surface area contributed by atoms with Gasteiger partial charge in [0.1, 0.15) is 6.54 Å². The lowest BCUT2D eigenvalue weighted by Gasteiger charge is -2.26. The summed E-state index contributed by atoms with van der Waals surface area (Å²) in [5.74, 6) is -0.369. The van der Waals surface area contributed by atoms with Crippen LogP contribution in [0.2, 0.25) is 0 Å². The molecule has 9 heteroatoms. The van der Waals surface area contributed by atoms with Gasteiger partial charge in [0.2, 0.25) is 15.9 Å². The predicted octanol–water partition coefficient (Wildman–Crippen LogP) is 3.65. The molecule has 1 N–H and O–H groups in total. The van der Waals surface area contributed by atoms with Gasteiger partial charge in [0, 0.05) is 30.4 Å². The number of para-hydroxylation sites is 1. The van der Waals surface area contributed by atoms with Crippen LogP contribution in [0.3, 0.4) is 0 Å². The van der Waals surface area contributed by atoms with Gasteiger partial charge in [-0.25, -0.2) is 13.1 Å². The van der Waals surface area contributed by atoms with Crippen LogP contribution in [0, 0.1) is 20.8 Å². The maximum atomic E-state index is 13.3. The maximum Gasteiger partial charge on any atom is 0.267 e. The molecule has 1 amide bonds. The van der Waals surface area contributed by atoms with Crippen molar-refractivity contribution in [1.29, 1.82) is 0 Å². The first-order valence-corrected chi connectivity index (χ1v) is 13.2. The van der Waals surface area contributed by atoms with Gasteiger partial charge in [-0.05, 0) is 62.4 Å². The normalized spacial score (nSPS) is 14.6. The summed E-state index contributed by atoms with van der Waals surface area (Å²) in [6.07, 6.45) is 2.75. The Balaban J connectivity index is 1.62. The first-order valence-electron chi connectivity index (χ1n) is 11.7. The highest BCUT2D eigenvalue weighted by Gasteiger charge is 2.27. The molecule has 2 heterocycles. The Labute approximate surface area is 205 Å². The van der Waals surface area contributed by atoms with Gasteiger partial charge in [0.05, 0.1) is 10.6 Å². The highest BCUT2D eigenvalue weighted by Crippen LogP contribution is 2.27. The van der Waals surface area contributed by atoms with Crippen LogP contribution < -0.4 is 10.9 Å². The van der Waals surface area contributed by atoms with E-state index in [1.165, 1.54) is 10.4 Å². The van der Waals surface area contributed by atoms with Crippen LogP contribution in [-0.4, -0.2) is 41.5 Å². The molecular formula is C26H30N4O4S. The van der Waals surface area contributed by atoms with Crippen molar-refractivity contribution in [3.63, 3.8) is 0 Å². The molecule has 0 bridgehead atoms. The Morgan fingerprint density at radius 3 is 2.31 bits per heavy atom. The number of piperidine rings is 1. The highest BCUT2D eigenvalue weighted by molar-refractivity contribution is 7.89. The molecule has 0 unspecified atom stereocenters. The summed E-state index contributed by atoms with van der Waals surface area (Å²) in [5.41, 5.74) is 3.78. The summed E-state index contributed by atoms with van der Waals surface area (Å²) in [6, 6.07) is 13.7. The van der Waals surface area contributed by atoms with E-state index in [1.54, 1.807) is 31.2 Å². The van der Waals surface area contributed by atoms with Crippen LogP contribution in [0.25, 0.3) is 11.3 Å². The molecule has 2 aromatic carbocycles. The highest BCUT2D eigenvalue weighted by atomic mass is 32.2. The standard InChI is InChI=1S/C26H30N4O4S/c1-18-10-11-21(16-23(18)35(33,34)29-14-5-4-6-15-29)22-12-13-25(32)30(28-22)17-24(31)27-26-19(2)8-7-9-20(26)3/h7-13,16H,4-6,14-15,17H2,1-3H3,(H,27,31). The number of aryl methyl sites for hydroxylation is 3. The molecule has 184 valence electrons. The Bertz CT molecular complexity index is 1400. The fourth-order valence-corrected chi connectivity index (χ4v) is 6.09. The van der Waals surface area contributed by atoms with E-state index in [9.17, 15) is 18.0 Å².